The molecule has 0 amide bonds. The van der Waals surface area contributed by atoms with E-state index in [-0.39, 0.29) is 0 Å². The molecule has 0 aliphatic carbocycles. The fourth-order valence-corrected chi connectivity index (χ4v) is 0.868. The highest BCUT2D eigenvalue weighted by atomic mass is 15.0. The summed E-state index contributed by atoms with van der Waals surface area (Å²) in [7, 11) is 0. The van der Waals surface area contributed by atoms with E-state index in [4.69, 9.17) is 5.26 Å². The molecule has 1 N–H and O–H groups in total. The van der Waals surface area contributed by atoms with Gasteiger partial charge in [0.25, 0.3) is 0 Å². The van der Waals surface area contributed by atoms with Gasteiger partial charge in [0.2, 0.25) is 0 Å². The monoisotopic (exact) mass is 140 g/mol. The molecule has 0 unspecified atom stereocenters. The predicted octanol–water partition coefficient (Wildman–Crippen LogP) is 1.54. The van der Waals surface area contributed by atoms with Crippen LogP contribution in [0.3, 0.4) is 0 Å². The molecule has 0 radical (unpaired) electrons. The van der Waals surface area contributed by atoms with E-state index in [0.29, 0.717) is 11.8 Å². The number of nitrogens with zero attached hydrogens (tertiary/aromatic N) is 1. The molecule has 0 aromatic heterocycles. The molecule has 2 nitrogen and oxygen atoms in total. The topological polar surface area (TPSA) is 35.8 Å². The van der Waals surface area contributed by atoms with Gasteiger partial charge >= 0.3 is 0 Å². The number of nitriles is 1. The van der Waals surface area contributed by atoms with E-state index in [2.05, 4.69) is 18.3 Å². The third kappa shape index (κ3) is 2.36. The average molecular weight is 140 g/mol. The normalized spacial score (nSPS) is 19.4. The summed E-state index contributed by atoms with van der Waals surface area (Å²) in [6.07, 6.45) is 0.694. The first-order valence-corrected chi connectivity index (χ1v) is 3.84. The summed E-state index contributed by atoms with van der Waals surface area (Å²) in [5.74, 6) is 0. The molecule has 0 bridgehead atoms. The van der Waals surface area contributed by atoms with Gasteiger partial charge in [-0.2, -0.15) is 5.26 Å². The van der Waals surface area contributed by atoms with Gasteiger partial charge in [0.15, 0.2) is 0 Å². The van der Waals surface area contributed by atoms with Crippen LogP contribution in [-0.4, -0.2) is 13.1 Å². The van der Waals surface area contributed by atoms with Crippen molar-refractivity contribution in [2.75, 3.05) is 13.1 Å². The van der Waals surface area contributed by atoms with E-state index >= 15 is 0 Å². The maximum atomic E-state index is 8.29. The third-order valence-corrected chi connectivity index (χ3v) is 1.61. The number of hydrogen-bond acceptors (Lipinski definition) is 2. The molecule has 1 heterocycles. The Labute approximate surface area is 63.2 Å². The van der Waals surface area contributed by atoms with Crippen LogP contribution in [0.1, 0.15) is 27.2 Å². The van der Waals surface area contributed by atoms with Crippen molar-refractivity contribution >= 4 is 0 Å². The highest BCUT2D eigenvalue weighted by molar-refractivity contribution is 4.94. The van der Waals surface area contributed by atoms with E-state index in [1.807, 2.05) is 13.8 Å². The SMILES string of the molecule is CC.CC1(CC#N)CNC1. The maximum Gasteiger partial charge on any atom is 0.0628 e. The number of nitrogens with one attached hydrogen (secondary N) is 1. The van der Waals surface area contributed by atoms with Gasteiger partial charge in [-0.15, -0.1) is 0 Å². The molecule has 1 rings (SSSR count). The molecule has 1 saturated heterocycles. The van der Waals surface area contributed by atoms with Crippen molar-refractivity contribution in [3.63, 3.8) is 0 Å². The zero-order valence-electron chi connectivity index (χ0n) is 7.07. The van der Waals surface area contributed by atoms with Gasteiger partial charge in [-0.25, -0.2) is 0 Å². The molecule has 10 heavy (non-hydrogen) atoms. The van der Waals surface area contributed by atoms with Crippen molar-refractivity contribution < 1.29 is 0 Å². The van der Waals surface area contributed by atoms with E-state index in [9.17, 15) is 0 Å². The lowest BCUT2D eigenvalue weighted by atomic mass is 9.82. The Morgan fingerprint density at radius 2 is 2.00 bits per heavy atom. The Kier molecular flexibility index (Phi) is 4.06. The molecule has 0 aromatic rings. The first-order chi connectivity index (χ1) is 4.77. The molecule has 0 atom stereocenters. The maximum absolute atomic E-state index is 8.29. The highest BCUT2D eigenvalue weighted by Crippen LogP contribution is 2.24. The third-order valence-electron chi connectivity index (χ3n) is 1.61. The lowest BCUT2D eigenvalue weighted by Gasteiger charge is -2.37. The van der Waals surface area contributed by atoms with Crippen LogP contribution in [0.4, 0.5) is 0 Å². The minimum Gasteiger partial charge on any atom is -0.315 e. The molecule has 0 saturated carbocycles. The smallest absolute Gasteiger partial charge is 0.0628 e. The molecule has 0 aromatic carbocycles. The van der Waals surface area contributed by atoms with Gasteiger partial charge in [0.05, 0.1) is 6.07 Å². The Morgan fingerprint density at radius 1 is 1.50 bits per heavy atom. The van der Waals surface area contributed by atoms with Crippen molar-refractivity contribution in [2.45, 2.75) is 27.2 Å². The van der Waals surface area contributed by atoms with Crippen molar-refractivity contribution in [1.82, 2.24) is 5.32 Å². The summed E-state index contributed by atoms with van der Waals surface area (Å²) < 4.78 is 0. The lowest BCUT2D eigenvalue weighted by Crippen LogP contribution is -2.51. The zero-order valence-corrected chi connectivity index (χ0v) is 7.07. The molecule has 0 spiro atoms. The molecule has 58 valence electrons. The standard InChI is InChI=1S/C6H10N2.C2H6/c1-6(2-3-7)4-8-5-6;1-2/h8H,2,4-5H2,1H3;1-2H3. The van der Waals surface area contributed by atoms with E-state index in [0.717, 1.165) is 13.1 Å². The summed E-state index contributed by atoms with van der Waals surface area (Å²) in [4.78, 5) is 0. The Balaban J connectivity index is 0.000000371. The first kappa shape index (κ1) is 9.45. The largest absolute Gasteiger partial charge is 0.315 e. The predicted molar refractivity (Wildman–Crippen MR) is 42.6 cm³/mol. The second-order valence-electron chi connectivity index (χ2n) is 2.75. The molecule has 1 fully saturated rings. The average Bonchev–Trinajstić information content (AvgIpc) is 1.90. The summed E-state index contributed by atoms with van der Waals surface area (Å²) >= 11 is 0. The highest BCUT2D eigenvalue weighted by Gasteiger charge is 2.30. The van der Waals surface area contributed by atoms with Crippen LogP contribution in [0, 0.1) is 16.7 Å². The van der Waals surface area contributed by atoms with Gasteiger partial charge in [-0.05, 0) is 0 Å². The van der Waals surface area contributed by atoms with Crippen molar-refractivity contribution in [2.24, 2.45) is 5.41 Å². The fraction of sp³-hybridized carbons (Fsp3) is 0.875. The summed E-state index contributed by atoms with van der Waals surface area (Å²) in [5, 5.41) is 11.4. The molecule has 2 heteroatoms. The van der Waals surface area contributed by atoms with Gasteiger partial charge in [-0.1, -0.05) is 20.8 Å². The van der Waals surface area contributed by atoms with E-state index in [1.54, 1.807) is 0 Å². The number of rotatable bonds is 1. The Bertz CT molecular complexity index is 120. The van der Waals surface area contributed by atoms with Crippen LogP contribution in [0.15, 0.2) is 0 Å². The van der Waals surface area contributed by atoms with E-state index < -0.39 is 0 Å². The molecule has 1 aliphatic rings. The lowest BCUT2D eigenvalue weighted by molar-refractivity contribution is 0.203. The minimum absolute atomic E-state index is 0.300. The van der Waals surface area contributed by atoms with Crippen molar-refractivity contribution in [3.05, 3.63) is 0 Å². The second-order valence-corrected chi connectivity index (χ2v) is 2.75. The van der Waals surface area contributed by atoms with Crippen LogP contribution < -0.4 is 5.32 Å². The Morgan fingerprint density at radius 3 is 2.10 bits per heavy atom. The van der Waals surface area contributed by atoms with Crippen LogP contribution >= 0.6 is 0 Å². The van der Waals surface area contributed by atoms with Crippen LogP contribution in [0.25, 0.3) is 0 Å². The van der Waals surface area contributed by atoms with Crippen LogP contribution in [-0.2, 0) is 0 Å². The van der Waals surface area contributed by atoms with Gasteiger partial charge < -0.3 is 5.32 Å². The molecule has 1 aliphatic heterocycles. The van der Waals surface area contributed by atoms with Crippen molar-refractivity contribution in [1.29, 1.82) is 5.26 Å². The first-order valence-electron chi connectivity index (χ1n) is 3.84. The summed E-state index contributed by atoms with van der Waals surface area (Å²) in [6, 6.07) is 2.17. The minimum atomic E-state index is 0.300. The quantitative estimate of drug-likeness (QED) is 0.599. The summed E-state index contributed by atoms with van der Waals surface area (Å²) in [5.41, 5.74) is 0.300. The Hall–Kier alpha value is -0.550. The van der Waals surface area contributed by atoms with Gasteiger partial charge in [-0.3, -0.25) is 0 Å². The second kappa shape index (κ2) is 4.29. The van der Waals surface area contributed by atoms with E-state index in [1.165, 1.54) is 0 Å². The van der Waals surface area contributed by atoms with Gasteiger partial charge in [0.1, 0.15) is 0 Å². The summed E-state index contributed by atoms with van der Waals surface area (Å²) in [6.45, 7) is 8.16. The molecular formula is C8H16N2. The van der Waals surface area contributed by atoms with Gasteiger partial charge in [0, 0.05) is 24.9 Å². The van der Waals surface area contributed by atoms with Crippen molar-refractivity contribution in [3.8, 4) is 6.07 Å². The van der Waals surface area contributed by atoms with Crippen LogP contribution in [0.5, 0.6) is 0 Å². The molecular weight excluding hydrogens is 124 g/mol. The zero-order chi connectivity index (χ0) is 8.04. The number of hydrogen-bond donors (Lipinski definition) is 1. The van der Waals surface area contributed by atoms with Crippen LogP contribution in [0.2, 0.25) is 0 Å². The fourth-order valence-electron chi connectivity index (χ4n) is 0.868.